The zero-order chi connectivity index (χ0) is 17.2. The summed E-state index contributed by atoms with van der Waals surface area (Å²) in [7, 11) is 1.61. The van der Waals surface area contributed by atoms with Crippen molar-refractivity contribution in [3.05, 3.63) is 59.1 Å². The van der Waals surface area contributed by atoms with Crippen LogP contribution in [0.2, 0.25) is 5.02 Å². The van der Waals surface area contributed by atoms with E-state index in [2.05, 4.69) is 5.32 Å². The molecule has 2 aromatic rings. The molecule has 0 saturated carbocycles. The Balaban J connectivity index is 1.58. The molecule has 24 heavy (non-hydrogen) atoms. The fraction of sp³-hybridized carbons (Fsp3) is 0.278. The number of halogens is 1. The van der Waals surface area contributed by atoms with Crippen molar-refractivity contribution in [3.8, 4) is 11.5 Å². The van der Waals surface area contributed by atoms with Gasteiger partial charge in [-0.1, -0.05) is 29.8 Å². The topological polar surface area (TPSA) is 47.6 Å². The maximum absolute atomic E-state index is 11.8. The zero-order valence-electron chi connectivity index (χ0n) is 13.5. The fourth-order valence-electron chi connectivity index (χ4n) is 1.94. The van der Waals surface area contributed by atoms with Gasteiger partial charge in [-0.25, -0.2) is 0 Å². The number of ether oxygens (including phenoxy) is 2. The van der Waals surface area contributed by atoms with E-state index in [0.29, 0.717) is 18.9 Å². The lowest BCUT2D eigenvalue weighted by atomic mass is 10.2. The van der Waals surface area contributed by atoms with Crippen molar-refractivity contribution in [2.45, 2.75) is 5.75 Å². The van der Waals surface area contributed by atoms with Crippen LogP contribution in [0.15, 0.2) is 48.5 Å². The summed E-state index contributed by atoms with van der Waals surface area (Å²) in [6.45, 7) is 0.887. The highest BCUT2D eigenvalue weighted by molar-refractivity contribution is 7.99. The summed E-state index contributed by atoms with van der Waals surface area (Å²) in [6.07, 6.45) is 0. The highest BCUT2D eigenvalue weighted by Crippen LogP contribution is 2.18. The lowest BCUT2D eigenvalue weighted by Gasteiger charge is -2.09. The van der Waals surface area contributed by atoms with E-state index in [1.54, 1.807) is 18.9 Å². The summed E-state index contributed by atoms with van der Waals surface area (Å²) in [4.78, 5) is 11.8. The van der Waals surface area contributed by atoms with Crippen molar-refractivity contribution in [1.29, 1.82) is 0 Å². The first-order chi connectivity index (χ1) is 11.7. The number of thioether (sulfide) groups is 1. The van der Waals surface area contributed by atoms with Crippen LogP contribution in [0.4, 0.5) is 0 Å². The molecule has 0 aliphatic carbocycles. The number of amides is 1. The molecule has 0 heterocycles. The standard InChI is InChI=1S/C18H20ClNO3S/c1-22-16-3-2-4-17(11-16)23-10-9-20-18(21)13-24-12-14-5-7-15(19)8-6-14/h2-8,11H,9-10,12-13H2,1H3,(H,20,21). The fourth-order valence-corrected chi connectivity index (χ4v) is 2.89. The first-order valence-electron chi connectivity index (χ1n) is 7.53. The summed E-state index contributed by atoms with van der Waals surface area (Å²) < 4.78 is 10.7. The van der Waals surface area contributed by atoms with Gasteiger partial charge in [-0.05, 0) is 29.8 Å². The first kappa shape index (κ1) is 18.5. The van der Waals surface area contributed by atoms with Crippen LogP contribution in [0.3, 0.4) is 0 Å². The molecule has 0 bridgehead atoms. The van der Waals surface area contributed by atoms with E-state index < -0.39 is 0 Å². The van der Waals surface area contributed by atoms with Gasteiger partial charge in [0.25, 0.3) is 0 Å². The highest BCUT2D eigenvalue weighted by atomic mass is 35.5. The smallest absolute Gasteiger partial charge is 0.230 e. The number of rotatable bonds is 9. The minimum absolute atomic E-state index is 0.00297. The van der Waals surface area contributed by atoms with Gasteiger partial charge in [-0.3, -0.25) is 4.79 Å². The average molecular weight is 366 g/mol. The quantitative estimate of drug-likeness (QED) is 0.687. The second-order valence-electron chi connectivity index (χ2n) is 5.00. The molecule has 0 fully saturated rings. The van der Waals surface area contributed by atoms with Crippen molar-refractivity contribution < 1.29 is 14.3 Å². The minimum atomic E-state index is 0.00297. The van der Waals surface area contributed by atoms with Gasteiger partial charge in [0.2, 0.25) is 5.91 Å². The van der Waals surface area contributed by atoms with E-state index >= 15 is 0 Å². The third-order valence-corrected chi connectivity index (χ3v) is 4.41. The van der Waals surface area contributed by atoms with Gasteiger partial charge in [0.1, 0.15) is 18.1 Å². The van der Waals surface area contributed by atoms with E-state index in [0.717, 1.165) is 27.8 Å². The van der Waals surface area contributed by atoms with Crippen LogP contribution in [0.25, 0.3) is 0 Å². The Labute approximate surface area is 151 Å². The molecule has 1 N–H and O–H groups in total. The monoisotopic (exact) mass is 365 g/mol. The Morgan fingerprint density at radius 2 is 1.92 bits per heavy atom. The molecule has 128 valence electrons. The van der Waals surface area contributed by atoms with Crippen LogP contribution in [0.1, 0.15) is 5.56 Å². The van der Waals surface area contributed by atoms with E-state index in [1.165, 1.54) is 0 Å². The van der Waals surface area contributed by atoms with Gasteiger partial charge in [-0.2, -0.15) is 0 Å². The van der Waals surface area contributed by atoms with Gasteiger partial charge in [0.05, 0.1) is 19.4 Å². The van der Waals surface area contributed by atoms with Gasteiger partial charge in [-0.15, -0.1) is 11.8 Å². The molecule has 1 amide bonds. The number of carbonyl (C=O) groups excluding carboxylic acids is 1. The Morgan fingerprint density at radius 1 is 1.17 bits per heavy atom. The molecule has 2 aromatic carbocycles. The predicted octanol–water partition coefficient (Wildman–Crippen LogP) is 3.78. The molecule has 0 spiro atoms. The summed E-state index contributed by atoms with van der Waals surface area (Å²) in [5, 5.41) is 3.56. The molecular weight excluding hydrogens is 346 g/mol. The van der Waals surface area contributed by atoms with Gasteiger partial charge >= 0.3 is 0 Å². The minimum Gasteiger partial charge on any atom is -0.497 e. The Morgan fingerprint density at radius 3 is 2.67 bits per heavy atom. The SMILES string of the molecule is COc1cccc(OCCNC(=O)CSCc2ccc(Cl)cc2)c1. The third-order valence-electron chi connectivity index (χ3n) is 3.15. The molecule has 0 atom stereocenters. The van der Waals surface area contributed by atoms with Crippen LogP contribution in [0.5, 0.6) is 11.5 Å². The predicted molar refractivity (Wildman–Crippen MR) is 99.1 cm³/mol. The number of carbonyl (C=O) groups is 1. The molecule has 6 heteroatoms. The maximum atomic E-state index is 11.8. The molecule has 0 saturated heterocycles. The number of benzene rings is 2. The van der Waals surface area contributed by atoms with Crippen molar-refractivity contribution in [2.24, 2.45) is 0 Å². The normalized spacial score (nSPS) is 10.2. The maximum Gasteiger partial charge on any atom is 0.230 e. The second kappa shape index (κ2) is 10.1. The summed E-state index contributed by atoms with van der Waals surface area (Å²) in [5.41, 5.74) is 1.15. The van der Waals surface area contributed by atoms with Crippen molar-refractivity contribution in [2.75, 3.05) is 26.0 Å². The van der Waals surface area contributed by atoms with Crippen LogP contribution in [0, 0.1) is 0 Å². The van der Waals surface area contributed by atoms with E-state index in [4.69, 9.17) is 21.1 Å². The van der Waals surface area contributed by atoms with Crippen LogP contribution < -0.4 is 14.8 Å². The number of hydrogen-bond acceptors (Lipinski definition) is 4. The molecule has 0 aliphatic heterocycles. The van der Waals surface area contributed by atoms with Crippen LogP contribution in [-0.2, 0) is 10.5 Å². The van der Waals surface area contributed by atoms with Crippen molar-refractivity contribution in [1.82, 2.24) is 5.32 Å². The molecule has 4 nitrogen and oxygen atoms in total. The summed E-state index contributed by atoms with van der Waals surface area (Å²) in [6, 6.07) is 15.0. The molecular formula is C18H20ClNO3S. The lowest BCUT2D eigenvalue weighted by molar-refractivity contribution is -0.118. The number of nitrogens with one attached hydrogen (secondary N) is 1. The summed E-state index contributed by atoms with van der Waals surface area (Å²) in [5.74, 6) is 2.67. The van der Waals surface area contributed by atoms with E-state index in [-0.39, 0.29) is 5.91 Å². The Bertz CT molecular complexity index is 649. The van der Waals surface area contributed by atoms with Gasteiger partial charge in [0.15, 0.2) is 0 Å². The number of methoxy groups -OCH3 is 1. The van der Waals surface area contributed by atoms with Crippen molar-refractivity contribution >= 4 is 29.3 Å². The van der Waals surface area contributed by atoms with Crippen LogP contribution in [-0.4, -0.2) is 31.9 Å². The Kier molecular flexibility index (Phi) is 7.79. The van der Waals surface area contributed by atoms with Gasteiger partial charge < -0.3 is 14.8 Å². The van der Waals surface area contributed by atoms with Crippen LogP contribution >= 0.6 is 23.4 Å². The highest BCUT2D eigenvalue weighted by Gasteiger charge is 2.02. The van der Waals surface area contributed by atoms with E-state index in [9.17, 15) is 4.79 Å². The van der Waals surface area contributed by atoms with Crippen molar-refractivity contribution in [3.63, 3.8) is 0 Å². The molecule has 0 aliphatic rings. The summed E-state index contributed by atoms with van der Waals surface area (Å²) >= 11 is 7.41. The van der Waals surface area contributed by atoms with Gasteiger partial charge in [0, 0.05) is 16.8 Å². The first-order valence-corrected chi connectivity index (χ1v) is 9.06. The average Bonchev–Trinajstić information content (AvgIpc) is 2.61. The molecule has 0 aromatic heterocycles. The third kappa shape index (κ3) is 6.72. The molecule has 0 unspecified atom stereocenters. The zero-order valence-corrected chi connectivity index (χ0v) is 15.0. The lowest BCUT2D eigenvalue weighted by Crippen LogP contribution is -2.29. The number of hydrogen-bond donors (Lipinski definition) is 1. The second-order valence-corrected chi connectivity index (χ2v) is 6.42. The van der Waals surface area contributed by atoms with E-state index in [1.807, 2.05) is 48.5 Å². The molecule has 0 radical (unpaired) electrons. The molecule has 2 rings (SSSR count). The Hall–Kier alpha value is -1.85. The largest absolute Gasteiger partial charge is 0.497 e.